The molecule has 7 rings (SSSR count). The van der Waals surface area contributed by atoms with Crippen LogP contribution in [0.2, 0.25) is 0 Å². The molecule has 7 atom stereocenters. The van der Waals surface area contributed by atoms with Crippen LogP contribution >= 0.6 is 0 Å². The minimum absolute atomic E-state index is 0.0222. The van der Waals surface area contributed by atoms with Crippen molar-refractivity contribution in [3.63, 3.8) is 0 Å². The lowest BCUT2D eigenvalue weighted by Crippen LogP contribution is -2.80. The van der Waals surface area contributed by atoms with Gasteiger partial charge in [0.15, 0.2) is 6.19 Å². The number of hydrogen-bond donors (Lipinski definition) is 2. The quantitative estimate of drug-likeness (QED) is 0.688. The summed E-state index contributed by atoms with van der Waals surface area (Å²) in [5, 5.41) is 33.1. The van der Waals surface area contributed by atoms with E-state index in [0.29, 0.717) is 5.75 Å². The first-order valence-corrected chi connectivity index (χ1v) is 12.3. The Morgan fingerprint density at radius 2 is 1.91 bits per heavy atom. The Balaban J connectivity index is 1.66. The summed E-state index contributed by atoms with van der Waals surface area (Å²) in [5.74, 6) is 0.603. The molecule has 32 heavy (non-hydrogen) atoms. The zero-order chi connectivity index (χ0) is 22.9. The van der Waals surface area contributed by atoms with Crippen molar-refractivity contribution >= 4 is 0 Å². The molecule has 1 aliphatic heterocycles. The van der Waals surface area contributed by atoms with Gasteiger partial charge in [-0.1, -0.05) is 26.8 Å². The van der Waals surface area contributed by atoms with Crippen molar-refractivity contribution in [3.05, 3.63) is 28.8 Å². The summed E-state index contributed by atoms with van der Waals surface area (Å²) in [6.07, 6.45) is 7.93. The lowest BCUT2D eigenvalue weighted by molar-refractivity contribution is -0.304. The Morgan fingerprint density at radius 3 is 2.56 bits per heavy atom. The molecule has 5 aliphatic carbocycles. The molecule has 0 amide bonds. The number of methoxy groups -OCH3 is 1. The highest BCUT2D eigenvalue weighted by Gasteiger charge is 2.80. The maximum Gasteiger partial charge on any atom is 0.179 e. The first kappa shape index (κ1) is 20.8. The highest BCUT2D eigenvalue weighted by molar-refractivity contribution is 5.60. The molecular weight excluding hydrogens is 400 g/mol. The molecule has 4 fully saturated rings. The molecule has 5 heteroatoms. The number of hydrogen-bond acceptors (Lipinski definition) is 5. The second kappa shape index (κ2) is 5.83. The number of benzene rings is 1. The van der Waals surface area contributed by atoms with Crippen molar-refractivity contribution < 1.29 is 14.9 Å². The van der Waals surface area contributed by atoms with Gasteiger partial charge in [0.2, 0.25) is 0 Å². The summed E-state index contributed by atoms with van der Waals surface area (Å²) in [6, 6.07) is 4.11. The second-order valence-corrected chi connectivity index (χ2v) is 12.6. The molecule has 0 radical (unpaired) electrons. The lowest BCUT2D eigenvalue weighted by atomic mass is 9.32. The number of rotatable bonds is 2. The maximum absolute atomic E-state index is 12.1. The van der Waals surface area contributed by atoms with Gasteiger partial charge in [-0.3, -0.25) is 0 Å². The van der Waals surface area contributed by atoms with Gasteiger partial charge < -0.3 is 19.8 Å². The number of aliphatic hydroxyl groups is 1. The number of nitrogens with zero attached hydrogens (tertiary/aromatic N) is 2. The molecule has 6 aliphatic rings. The summed E-state index contributed by atoms with van der Waals surface area (Å²) in [4.78, 5) is 2.05. The number of ether oxygens (including phenoxy) is 1. The van der Waals surface area contributed by atoms with Crippen LogP contribution in [0.4, 0.5) is 0 Å². The number of phenolic OH excluding ortho intramolecular Hbond substituents is 1. The van der Waals surface area contributed by atoms with Crippen LogP contribution in [0.5, 0.6) is 5.75 Å². The van der Waals surface area contributed by atoms with Gasteiger partial charge in [-0.15, -0.1) is 0 Å². The molecular formula is C27H36N2O3. The second-order valence-electron chi connectivity index (χ2n) is 12.6. The summed E-state index contributed by atoms with van der Waals surface area (Å²) < 4.78 is 6.57. The zero-order valence-corrected chi connectivity index (χ0v) is 20.0. The third-order valence-corrected chi connectivity index (χ3v) is 11.3. The lowest BCUT2D eigenvalue weighted by Gasteiger charge is -2.76. The van der Waals surface area contributed by atoms with Gasteiger partial charge in [0.1, 0.15) is 5.75 Å². The van der Waals surface area contributed by atoms with E-state index in [4.69, 9.17) is 4.74 Å². The topological polar surface area (TPSA) is 76.7 Å². The fourth-order valence-electron chi connectivity index (χ4n) is 9.53. The molecule has 5 nitrogen and oxygen atoms in total. The molecule has 2 N–H and O–H groups in total. The van der Waals surface area contributed by atoms with Gasteiger partial charge >= 0.3 is 0 Å². The normalized spacial score (nSPS) is 42.9. The highest BCUT2D eigenvalue weighted by atomic mass is 16.5. The smallest absolute Gasteiger partial charge is 0.179 e. The summed E-state index contributed by atoms with van der Waals surface area (Å²) in [7, 11) is 1.84. The molecule has 4 bridgehead atoms. The third kappa shape index (κ3) is 1.93. The van der Waals surface area contributed by atoms with E-state index < -0.39 is 11.2 Å². The highest BCUT2D eigenvalue weighted by Crippen LogP contribution is 2.79. The predicted molar refractivity (Wildman–Crippen MR) is 121 cm³/mol. The van der Waals surface area contributed by atoms with Crippen molar-refractivity contribution in [1.82, 2.24) is 4.90 Å². The molecule has 0 aromatic heterocycles. The van der Waals surface area contributed by atoms with Crippen LogP contribution in [-0.4, -0.2) is 46.0 Å². The fourth-order valence-corrected chi connectivity index (χ4v) is 9.53. The van der Waals surface area contributed by atoms with Crippen molar-refractivity contribution in [2.24, 2.45) is 22.7 Å². The Hall–Kier alpha value is -1.77. The first-order chi connectivity index (χ1) is 15.0. The number of nitriles is 1. The van der Waals surface area contributed by atoms with Gasteiger partial charge in [-0.05, 0) is 73.6 Å². The molecule has 1 heterocycles. The number of fused-ring (bicyclic) bond motifs is 2. The van der Waals surface area contributed by atoms with E-state index in [1.54, 1.807) is 0 Å². The van der Waals surface area contributed by atoms with Crippen LogP contribution in [-0.2, 0) is 23.0 Å². The molecule has 1 aromatic carbocycles. The van der Waals surface area contributed by atoms with E-state index in [2.05, 4.69) is 33.0 Å². The van der Waals surface area contributed by atoms with E-state index in [1.165, 1.54) is 11.1 Å². The van der Waals surface area contributed by atoms with Gasteiger partial charge in [-0.25, -0.2) is 0 Å². The van der Waals surface area contributed by atoms with E-state index in [9.17, 15) is 15.5 Å². The van der Waals surface area contributed by atoms with E-state index in [-0.39, 0.29) is 34.1 Å². The largest absolute Gasteiger partial charge is 0.508 e. The van der Waals surface area contributed by atoms with Crippen LogP contribution in [0.15, 0.2) is 12.1 Å². The Bertz CT molecular complexity index is 1050. The van der Waals surface area contributed by atoms with Gasteiger partial charge in [-0.2, -0.15) is 5.26 Å². The van der Waals surface area contributed by atoms with E-state index in [1.807, 2.05) is 25.0 Å². The standard InChI is InChI=1S/C27H36N2O3/c1-23(2,3)24(4,31)20-14-25-8-9-27(20,32-5)19-13-17-18(30)7-6-16-12-21(25)29(15-28)11-10-26(19,25)22(16)17/h6-7,19-21,30-31H,8-14H2,1-5H3. The molecule has 1 saturated heterocycles. The SMILES string of the molecule is COC12CCC3(CC1C(C)(O)C(C)(C)C)C1Cc4ccc(O)c5c4C3(CCN1C#N)C2C5. The Kier molecular flexibility index (Phi) is 3.79. The average molecular weight is 437 g/mol. The molecule has 2 spiro atoms. The molecule has 7 unspecified atom stereocenters. The number of piperidine rings is 1. The van der Waals surface area contributed by atoms with Crippen LogP contribution in [0.25, 0.3) is 0 Å². The summed E-state index contributed by atoms with van der Waals surface area (Å²) in [6.45, 7) is 9.16. The van der Waals surface area contributed by atoms with E-state index in [0.717, 1.165) is 50.6 Å². The number of phenols is 1. The zero-order valence-electron chi connectivity index (χ0n) is 20.0. The Labute approximate surface area is 191 Å². The average Bonchev–Trinajstić information content (AvgIpc) is 3.11. The first-order valence-electron chi connectivity index (χ1n) is 12.3. The van der Waals surface area contributed by atoms with E-state index >= 15 is 0 Å². The fraction of sp³-hybridized carbons (Fsp3) is 0.741. The van der Waals surface area contributed by atoms with Crippen LogP contribution < -0.4 is 0 Å². The van der Waals surface area contributed by atoms with Crippen molar-refractivity contribution in [1.29, 1.82) is 5.26 Å². The van der Waals surface area contributed by atoms with Crippen LogP contribution in [0.3, 0.4) is 0 Å². The third-order valence-electron chi connectivity index (χ3n) is 11.3. The molecule has 172 valence electrons. The number of aromatic hydroxyl groups is 1. The summed E-state index contributed by atoms with van der Waals surface area (Å²) in [5.41, 5.74) is 2.00. The van der Waals surface area contributed by atoms with Crippen molar-refractivity contribution in [2.45, 2.75) is 88.9 Å². The van der Waals surface area contributed by atoms with Gasteiger partial charge in [0.05, 0.1) is 11.2 Å². The van der Waals surface area contributed by atoms with Gasteiger partial charge in [0.25, 0.3) is 0 Å². The minimum atomic E-state index is -0.916. The van der Waals surface area contributed by atoms with Crippen LogP contribution in [0.1, 0.15) is 70.1 Å². The van der Waals surface area contributed by atoms with Crippen LogP contribution in [0, 0.1) is 34.1 Å². The maximum atomic E-state index is 12.1. The minimum Gasteiger partial charge on any atom is -0.508 e. The molecule has 1 aromatic rings. The van der Waals surface area contributed by atoms with Gasteiger partial charge in [0, 0.05) is 42.4 Å². The van der Waals surface area contributed by atoms with Crippen molar-refractivity contribution in [2.75, 3.05) is 13.7 Å². The monoisotopic (exact) mass is 436 g/mol. The van der Waals surface area contributed by atoms with Crippen molar-refractivity contribution in [3.8, 4) is 11.9 Å². The molecule has 3 saturated carbocycles. The number of likely N-dealkylation sites (tertiary alicyclic amines) is 1. The Morgan fingerprint density at radius 1 is 1.16 bits per heavy atom. The summed E-state index contributed by atoms with van der Waals surface area (Å²) >= 11 is 0. The predicted octanol–water partition coefficient (Wildman–Crippen LogP) is 3.90.